The summed E-state index contributed by atoms with van der Waals surface area (Å²) < 4.78 is 36.2. The van der Waals surface area contributed by atoms with Crippen molar-refractivity contribution in [1.82, 2.24) is 0 Å². The normalized spacial score (nSPS) is 11.4. The van der Waals surface area contributed by atoms with Crippen molar-refractivity contribution in [3.63, 3.8) is 0 Å². The van der Waals surface area contributed by atoms with Crippen LogP contribution in [-0.2, 0) is 14.9 Å². The predicted octanol–water partition coefficient (Wildman–Crippen LogP) is 4.93. The van der Waals surface area contributed by atoms with Crippen molar-refractivity contribution in [1.29, 1.82) is 5.26 Å². The van der Waals surface area contributed by atoms with Crippen molar-refractivity contribution >= 4 is 27.8 Å². The molecule has 0 unspecified atom stereocenters. The highest BCUT2D eigenvalue weighted by Crippen LogP contribution is 2.30. The Labute approximate surface area is 199 Å². The first-order valence-corrected chi connectivity index (χ1v) is 11.7. The van der Waals surface area contributed by atoms with Crippen LogP contribution in [0.25, 0.3) is 6.08 Å². The molecule has 3 aromatic rings. The number of anilines is 1. The highest BCUT2D eigenvalue weighted by Gasteiger charge is 2.20. The van der Waals surface area contributed by atoms with E-state index < -0.39 is 16.0 Å². The zero-order valence-electron chi connectivity index (χ0n) is 19.2. The summed E-state index contributed by atoms with van der Waals surface area (Å²) in [5.41, 5.74) is 3.36. The maximum Gasteiger partial charge on any atom is 0.339 e. The number of rotatable bonds is 7. The van der Waals surface area contributed by atoms with Crippen molar-refractivity contribution < 1.29 is 22.1 Å². The molecule has 0 saturated carbocycles. The lowest BCUT2D eigenvalue weighted by atomic mass is 10.1. The molecule has 0 aliphatic rings. The van der Waals surface area contributed by atoms with E-state index in [4.69, 9.17) is 8.92 Å². The molecule has 8 heteroatoms. The first-order chi connectivity index (χ1) is 16.1. The molecule has 0 radical (unpaired) electrons. The SMILES string of the molecule is COc1ccc(/C=C(\C#N)C(=O)Nc2cccc(C)c2C)c(OS(=O)(=O)c2ccc(C)cc2)c1. The summed E-state index contributed by atoms with van der Waals surface area (Å²) in [5.74, 6) is -0.351. The van der Waals surface area contributed by atoms with Gasteiger partial charge in [0.1, 0.15) is 22.3 Å². The Morgan fingerprint density at radius 1 is 1.03 bits per heavy atom. The van der Waals surface area contributed by atoms with Gasteiger partial charge in [-0.25, -0.2) is 0 Å². The van der Waals surface area contributed by atoms with E-state index in [-0.39, 0.29) is 21.8 Å². The molecule has 7 nitrogen and oxygen atoms in total. The van der Waals surface area contributed by atoms with Crippen LogP contribution in [0.15, 0.2) is 71.1 Å². The van der Waals surface area contributed by atoms with Crippen molar-refractivity contribution in [2.75, 3.05) is 12.4 Å². The summed E-state index contributed by atoms with van der Waals surface area (Å²) in [6, 6.07) is 18.0. The van der Waals surface area contributed by atoms with Gasteiger partial charge in [0.05, 0.1) is 7.11 Å². The number of nitrogens with one attached hydrogen (secondary N) is 1. The van der Waals surface area contributed by atoms with Gasteiger partial charge in [-0.15, -0.1) is 0 Å². The van der Waals surface area contributed by atoms with Gasteiger partial charge in [-0.1, -0.05) is 29.8 Å². The van der Waals surface area contributed by atoms with Gasteiger partial charge in [-0.2, -0.15) is 13.7 Å². The fourth-order valence-corrected chi connectivity index (χ4v) is 4.03. The average molecular weight is 477 g/mol. The lowest BCUT2D eigenvalue weighted by Gasteiger charge is -2.12. The summed E-state index contributed by atoms with van der Waals surface area (Å²) in [5, 5.41) is 12.4. The van der Waals surface area contributed by atoms with Gasteiger partial charge in [0.15, 0.2) is 5.75 Å². The number of amides is 1. The average Bonchev–Trinajstić information content (AvgIpc) is 2.81. The minimum Gasteiger partial charge on any atom is -0.497 e. The third-order valence-corrected chi connectivity index (χ3v) is 6.50. The molecule has 3 rings (SSSR count). The molecule has 3 aromatic carbocycles. The van der Waals surface area contributed by atoms with Crippen LogP contribution in [0.4, 0.5) is 5.69 Å². The number of methoxy groups -OCH3 is 1. The van der Waals surface area contributed by atoms with Crippen LogP contribution in [0, 0.1) is 32.1 Å². The van der Waals surface area contributed by atoms with Crippen LogP contribution in [-0.4, -0.2) is 21.4 Å². The zero-order valence-corrected chi connectivity index (χ0v) is 20.1. The minimum absolute atomic E-state index is 0.0241. The number of hydrogen-bond donors (Lipinski definition) is 1. The Bertz CT molecular complexity index is 1400. The lowest BCUT2D eigenvalue weighted by Crippen LogP contribution is -2.15. The summed E-state index contributed by atoms with van der Waals surface area (Å²) in [6.07, 6.45) is 1.28. The number of hydrogen-bond acceptors (Lipinski definition) is 6. The Hall–Kier alpha value is -4.09. The van der Waals surface area contributed by atoms with Gasteiger partial charge in [0, 0.05) is 17.3 Å². The lowest BCUT2D eigenvalue weighted by molar-refractivity contribution is -0.112. The largest absolute Gasteiger partial charge is 0.497 e. The minimum atomic E-state index is -4.17. The second-order valence-electron chi connectivity index (χ2n) is 7.63. The summed E-state index contributed by atoms with van der Waals surface area (Å²) in [7, 11) is -2.74. The molecule has 0 heterocycles. The Morgan fingerprint density at radius 3 is 2.38 bits per heavy atom. The van der Waals surface area contributed by atoms with E-state index in [1.54, 1.807) is 30.3 Å². The number of carbonyl (C=O) groups excluding carboxylic acids is 1. The van der Waals surface area contributed by atoms with E-state index in [9.17, 15) is 18.5 Å². The third kappa shape index (κ3) is 5.63. The second kappa shape index (κ2) is 10.2. The van der Waals surface area contributed by atoms with Crippen LogP contribution >= 0.6 is 0 Å². The molecule has 174 valence electrons. The number of nitrogens with zero attached hydrogens (tertiary/aromatic N) is 1. The molecule has 0 aliphatic carbocycles. The quantitative estimate of drug-likeness (QED) is 0.294. The van der Waals surface area contributed by atoms with E-state index in [1.165, 1.54) is 37.5 Å². The Kier molecular flexibility index (Phi) is 7.39. The van der Waals surface area contributed by atoms with Crippen LogP contribution < -0.4 is 14.2 Å². The molecular formula is C26H24N2O5S. The summed E-state index contributed by atoms with van der Waals surface area (Å²) in [4.78, 5) is 12.8. The van der Waals surface area contributed by atoms with Crippen molar-refractivity contribution in [2.24, 2.45) is 0 Å². The number of ether oxygens (including phenoxy) is 1. The molecule has 0 aromatic heterocycles. The van der Waals surface area contributed by atoms with Crippen molar-refractivity contribution in [3.05, 3.63) is 88.5 Å². The molecule has 34 heavy (non-hydrogen) atoms. The maximum atomic E-state index is 12.8. The molecule has 1 amide bonds. The van der Waals surface area contributed by atoms with E-state index in [0.717, 1.165) is 16.7 Å². The molecular weight excluding hydrogens is 452 g/mol. The van der Waals surface area contributed by atoms with E-state index in [2.05, 4.69) is 5.32 Å². The Morgan fingerprint density at radius 2 is 1.74 bits per heavy atom. The molecule has 0 spiro atoms. The summed E-state index contributed by atoms with van der Waals surface area (Å²) >= 11 is 0. The second-order valence-corrected chi connectivity index (χ2v) is 9.17. The van der Waals surface area contributed by atoms with Gasteiger partial charge in [-0.3, -0.25) is 4.79 Å². The monoisotopic (exact) mass is 476 g/mol. The summed E-state index contributed by atoms with van der Waals surface area (Å²) in [6.45, 7) is 5.63. The molecule has 0 fully saturated rings. The fraction of sp³-hybridized carbons (Fsp3) is 0.154. The van der Waals surface area contributed by atoms with E-state index >= 15 is 0 Å². The molecule has 0 saturated heterocycles. The highest BCUT2D eigenvalue weighted by molar-refractivity contribution is 7.87. The van der Waals surface area contributed by atoms with Crippen LogP contribution in [0.2, 0.25) is 0 Å². The van der Waals surface area contributed by atoms with E-state index in [0.29, 0.717) is 11.4 Å². The number of nitriles is 1. The maximum absolute atomic E-state index is 12.8. The van der Waals surface area contributed by atoms with Crippen LogP contribution in [0.3, 0.4) is 0 Å². The zero-order chi connectivity index (χ0) is 24.9. The van der Waals surface area contributed by atoms with Gasteiger partial charge in [0.2, 0.25) is 0 Å². The highest BCUT2D eigenvalue weighted by atomic mass is 32.2. The van der Waals surface area contributed by atoms with Gasteiger partial charge >= 0.3 is 10.1 Å². The topological polar surface area (TPSA) is 105 Å². The van der Waals surface area contributed by atoms with Gasteiger partial charge in [0.25, 0.3) is 5.91 Å². The molecule has 1 N–H and O–H groups in total. The van der Waals surface area contributed by atoms with Crippen LogP contribution in [0.5, 0.6) is 11.5 Å². The molecule has 0 aliphatic heterocycles. The molecule has 0 atom stereocenters. The fourth-order valence-electron chi connectivity index (χ4n) is 3.08. The smallest absolute Gasteiger partial charge is 0.339 e. The number of benzene rings is 3. The van der Waals surface area contributed by atoms with E-state index in [1.807, 2.05) is 32.9 Å². The Balaban J connectivity index is 1.98. The number of carbonyl (C=O) groups is 1. The standard InChI is InChI=1S/C26H24N2O5S/c1-17-8-12-23(13-9-17)34(30,31)33-25-15-22(32-4)11-10-20(25)14-21(16-27)26(29)28-24-7-5-6-18(2)19(24)3/h5-15H,1-4H3,(H,28,29)/b21-14+. The van der Waals surface area contributed by atoms with Crippen molar-refractivity contribution in [2.45, 2.75) is 25.7 Å². The first-order valence-electron chi connectivity index (χ1n) is 10.3. The molecule has 0 bridgehead atoms. The van der Waals surface area contributed by atoms with Crippen LogP contribution in [0.1, 0.15) is 22.3 Å². The van der Waals surface area contributed by atoms with Gasteiger partial charge < -0.3 is 14.2 Å². The number of aryl methyl sites for hydroxylation is 2. The third-order valence-electron chi connectivity index (χ3n) is 5.25. The predicted molar refractivity (Wildman–Crippen MR) is 130 cm³/mol. The van der Waals surface area contributed by atoms with Crippen molar-refractivity contribution in [3.8, 4) is 17.6 Å². The van der Waals surface area contributed by atoms with Gasteiger partial charge in [-0.05, 0) is 68.3 Å². The first kappa shape index (κ1) is 24.6.